The number of thiophene rings is 1. The lowest BCUT2D eigenvalue weighted by atomic mass is 10.3. The smallest absolute Gasteiger partial charge is 0.224 e. The number of aromatic nitrogens is 2. The Morgan fingerprint density at radius 3 is 2.79 bits per heavy atom. The van der Waals surface area contributed by atoms with Crippen molar-refractivity contribution in [3.63, 3.8) is 0 Å². The molecule has 0 bridgehead atoms. The fourth-order valence-corrected chi connectivity index (χ4v) is 3.34. The predicted molar refractivity (Wildman–Crippen MR) is 88.1 cm³/mol. The molecule has 2 rings (SSSR count). The van der Waals surface area contributed by atoms with Crippen LogP contribution in [0, 0.1) is 0 Å². The Morgan fingerprint density at radius 2 is 2.11 bits per heavy atom. The van der Waals surface area contributed by atoms with Crippen LogP contribution in [0.1, 0.15) is 11.8 Å². The van der Waals surface area contributed by atoms with Gasteiger partial charge in [-0.25, -0.2) is 4.98 Å². The summed E-state index contributed by atoms with van der Waals surface area (Å²) in [6.45, 7) is 3.67. The minimum Gasteiger partial charge on any atom is -0.369 e. The SMILES string of the molecule is CCNc1ncc(Br)c(NCCc2ccc(Br)s2)n1. The molecular formula is C12H14Br2N4S. The molecule has 0 amide bonds. The maximum atomic E-state index is 4.41. The van der Waals surface area contributed by atoms with E-state index in [1.54, 1.807) is 17.5 Å². The van der Waals surface area contributed by atoms with Crippen molar-refractivity contribution in [2.45, 2.75) is 13.3 Å². The molecule has 0 atom stereocenters. The number of anilines is 2. The normalized spacial score (nSPS) is 10.5. The van der Waals surface area contributed by atoms with Crippen molar-refractivity contribution in [3.05, 3.63) is 31.5 Å². The quantitative estimate of drug-likeness (QED) is 0.757. The molecule has 0 aliphatic heterocycles. The molecule has 102 valence electrons. The van der Waals surface area contributed by atoms with Crippen LogP contribution in [0.25, 0.3) is 0 Å². The highest BCUT2D eigenvalue weighted by Crippen LogP contribution is 2.23. The van der Waals surface area contributed by atoms with Crippen LogP contribution >= 0.6 is 43.2 Å². The van der Waals surface area contributed by atoms with Gasteiger partial charge in [-0.05, 0) is 57.3 Å². The Bertz CT molecular complexity index is 544. The summed E-state index contributed by atoms with van der Waals surface area (Å²) < 4.78 is 2.04. The van der Waals surface area contributed by atoms with Gasteiger partial charge in [0, 0.05) is 24.2 Å². The molecule has 4 nitrogen and oxygen atoms in total. The second kappa shape index (κ2) is 7.21. The van der Waals surface area contributed by atoms with Gasteiger partial charge in [-0.2, -0.15) is 4.98 Å². The van der Waals surface area contributed by atoms with Crippen molar-refractivity contribution in [3.8, 4) is 0 Å². The first-order valence-corrected chi connectivity index (χ1v) is 8.33. The van der Waals surface area contributed by atoms with Gasteiger partial charge in [-0.15, -0.1) is 11.3 Å². The zero-order valence-corrected chi connectivity index (χ0v) is 14.4. The Labute approximate surface area is 133 Å². The summed E-state index contributed by atoms with van der Waals surface area (Å²) in [6.07, 6.45) is 2.73. The van der Waals surface area contributed by atoms with E-state index >= 15 is 0 Å². The summed E-state index contributed by atoms with van der Waals surface area (Å²) in [7, 11) is 0. The molecule has 0 fully saturated rings. The highest BCUT2D eigenvalue weighted by Gasteiger charge is 2.04. The van der Waals surface area contributed by atoms with Crippen LogP contribution in [0.2, 0.25) is 0 Å². The van der Waals surface area contributed by atoms with E-state index in [-0.39, 0.29) is 0 Å². The van der Waals surface area contributed by atoms with Gasteiger partial charge in [0.15, 0.2) is 0 Å². The van der Waals surface area contributed by atoms with E-state index in [1.165, 1.54) is 8.66 Å². The fourth-order valence-electron chi connectivity index (χ4n) is 1.52. The van der Waals surface area contributed by atoms with E-state index in [0.717, 1.165) is 29.8 Å². The topological polar surface area (TPSA) is 49.8 Å². The first-order chi connectivity index (χ1) is 9.19. The van der Waals surface area contributed by atoms with Crippen LogP contribution in [-0.4, -0.2) is 23.1 Å². The van der Waals surface area contributed by atoms with Gasteiger partial charge in [-0.1, -0.05) is 0 Å². The third kappa shape index (κ3) is 4.43. The Kier molecular flexibility index (Phi) is 5.59. The van der Waals surface area contributed by atoms with Crippen molar-refractivity contribution >= 4 is 55.0 Å². The molecular weight excluding hydrogens is 392 g/mol. The molecule has 0 aromatic carbocycles. The molecule has 0 unspecified atom stereocenters. The van der Waals surface area contributed by atoms with Gasteiger partial charge < -0.3 is 10.6 Å². The number of hydrogen-bond acceptors (Lipinski definition) is 5. The van der Waals surface area contributed by atoms with Crippen molar-refractivity contribution in [1.82, 2.24) is 9.97 Å². The van der Waals surface area contributed by atoms with Crippen molar-refractivity contribution < 1.29 is 0 Å². The van der Waals surface area contributed by atoms with E-state index in [0.29, 0.717) is 5.95 Å². The summed E-state index contributed by atoms with van der Waals surface area (Å²) in [5.41, 5.74) is 0. The summed E-state index contributed by atoms with van der Waals surface area (Å²) in [5.74, 6) is 1.47. The molecule has 0 radical (unpaired) electrons. The van der Waals surface area contributed by atoms with Gasteiger partial charge >= 0.3 is 0 Å². The molecule has 19 heavy (non-hydrogen) atoms. The summed E-state index contributed by atoms with van der Waals surface area (Å²) in [4.78, 5) is 9.94. The van der Waals surface area contributed by atoms with Gasteiger partial charge in [0.05, 0.1) is 8.26 Å². The number of hydrogen-bond donors (Lipinski definition) is 2. The van der Waals surface area contributed by atoms with Crippen molar-refractivity contribution in [1.29, 1.82) is 0 Å². The Balaban J connectivity index is 1.93. The van der Waals surface area contributed by atoms with Crippen molar-refractivity contribution in [2.75, 3.05) is 23.7 Å². The van der Waals surface area contributed by atoms with Crippen LogP contribution in [0.4, 0.5) is 11.8 Å². The van der Waals surface area contributed by atoms with E-state index < -0.39 is 0 Å². The van der Waals surface area contributed by atoms with Crippen LogP contribution in [0.3, 0.4) is 0 Å². The van der Waals surface area contributed by atoms with E-state index in [2.05, 4.69) is 64.6 Å². The number of nitrogens with zero attached hydrogens (tertiary/aromatic N) is 2. The van der Waals surface area contributed by atoms with Crippen LogP contribution in [0.15, 0.2) is 26.6 Å². The number of rotatable bonds is 6. The van der Waals surface area contributed by atoms with Gasteiger partial charge in [0.2, 0.25) is 5.95 Å². The zero-order chi connectivity index (χ0) is 13.7. The lowest BCUT2D eigenvalue weighted by molar-refractivity contribution is 1.01. The molecule has 0 spiro atoms. The highest BCUT2D eigenvalue weighted by molar-refractivity contribution is 9.11. The minimum atomic E-state index is 0.645. The average molecular weight is 406 g/mol. The van der Waals surface area contributed by atoms with E-state index in [1.807, 2.05) is 6.92 Å². The van der Waals surface area contributed by atoms with E-state index in [4.69, 9.17) is 0 Å². The Morgan fingerprint density at radius 1 is 1.26 bits per heavy atom. The van der Waals surface area contributed by atoms with Crippen LogP contribution < -0.4 is 10.6 Å². The minimum absolute atomic E-state index is 0.645. The largest absolute Gasteiger partial charge is 0.369 e. The summed E-state index contributed by atoms with van der Waals surface area (Å²) in [5, 5.41) is 6.42. The van der Waals surface area contributed by atoms with Crippen LogP contribution in [0.5, 0.6) is 0 Å². The molecule has 2 aromatic rings. The standard InChI is InChI=1S/C12H14Br2N4S/c1-2-15-12-17-7-9(13)11(18-12)16-6-5-8-3-4-10(14)19-8/h3-4,7H,2,5-6H2,1H3,(H2,15,16,17,18). The molecule has 0 saturated carbocycles. The predicted octanol–water partition coefficient (Wildman–Crippen LogP) is 4.15. The fraction of sp³-hybridized carbons (Fsp3) is 0.333. The van der Waals surface area contributed by atoms with Gasteiger partial charge in [-0.3, -0.25) is 0 Å². The average Bonchev–Trinajstić information content (AvgIpc) is 2.79. The van der Waals surface area contributed by atoms with E-state index in [9.17, 15) is 0 Å². The monoisotopic (exact) mass is 404 g/mol. The molecule has 2 N–H and O–H groups in total. The second-order valence-corrected chi connectivity index (χ2v) is 7.20. The molecule has 0 aliphatic rings. The Hall–Kier alpha value is -0.660. The maximum Gasteiger partial charge on any atom is 0.224 e. The first-order valence-electron chi connectivity index (χ1n) is 5.93. The third-order valence-corrected chi connectivity index (χ3v) is 4.64. The number of nitrogens with one attached hydrogen (secondary N) is 2. The van der Waals surface area contributed by atoms with Gasteiger partial charge in [0.25, 0.3) is 0 Å². The van der Waals surface area contributed by atoms with Gasteiger partial charge in [0.1, 0.15) is 5.82 Å². The summed E-state index contributed by atoms with van der Waals surface area (Å²) >= 11 is 8.68. The van der Waals surface area contributed by atoms with Crippen LogP contribution in [-0.2, 0) is 6.42 Å². The van der Waals surface area contributed by atoms with Crippen molar-refractivity contribution in [2.24, 2.45) is 0 Å². The number of halogens is 2. The lowest BCUT2D eigenvalue weighted by Crippen LogP contribution is -2.09. The molecule has 2 aromatic heterocycles. The molecule has 7 heteroatoms. The molecule has 2 heterocycles. The first kappa shape index (κ1) is 14.7. The third-order valence-electron chi connectivity index (χ3n) is 2.37. The lowest BCUT2D eigenvalue weighted by Gasteiger charge is -2.08. The molecule has 0 aliphatic carbocycles. The summed E-state index contributed by atoms with van der Waals surface area (Å²) in [6, 6.07) is 4.21. The second-order valence-electron chi connectivity index (χ2n) is 3.80. The zero-order valence-electron chi connectivity index (χ0n) is 10.4. The highest BCUT2D eigenvalue weighted by atomic mass is 79.9. The maximum absolute atomic E-state index is 4.41. The molecule has 0 saturated heterocycles.